The van der Waals surface area contributed by atoms with E-state index in [4.69, 9.17) is 4.74 Å². The Morgan fingerprint density at radius 1 is 1.37 bits per heavy atom. The molecule has 1 aliphatic heterocycles. The highest BCUT2D eigenvalue weighted by Gasteiger charge is 2.28. The van der Waals surface area contributed by atoms with Gasteiger partial charge >= 0.3 is 0 Å². The number of likely N-dealkylation sites (tertiary alicyclic amines) is 1. The second kappa shape index (κ2) is 7.61. The van der Waals surface area contributed by atoms with E-state index in [0.29, 0.717) is 18.1 Å². The van der Waals surface area contributed by atoms with Gasteiger partial charge in [0.15, 0.2) is 0 Å². The third-order valence-electron chi connectivity index (χ3n) is 4.30. The number of ether oxygens (including phenoxy) is 1. The second-order valence-corrected chi connectivity index (χ2v) is 7.20. The molecule has 0 aromatic heterocycles. The molecule has 0 spiro atoms. The van der Waals surface area contributed by atoms with Crippen LogP contribution in [-0.4, -0.2) is 49.3 Å². The van der Waals surface area contributed by atoms with Gasteiger partial charge in [0.05, 0.1) is 6.10 Å². The minimum Gasteiger partial charge on any atom is -0.380 e. The fourth-order valence-electron chi connectivity index (χ4n) is 2.81. The zero-order valence-electron chi connectivity index (χ0n) is 13.8. The Kier molecular flexibility index (Phi) is 6.78. The maximum absolute atomic E-state index is 5.60. The minimum absolute atomic E-state index is 0.241. The van der Waals surface area contributed by atoms with Crippen molar-refractivity contribution in [3.63, 3.8) is 0 Å². The number of nitrogens with zero attached hydrogens (tertiary/aromatic N) is 1. The van der Waals surface area contributed by atoms with Crippen molar-refractivity contribution in [1.82, 2.24) is 10.2 Å². The van der Waals surface area contributed by atoms with Gasteiger partial charge in [-0.05, 0) is 66.0 Å². The largest absolute Gasteiger partial charge is 0.380 e. The molecule has 3 heteroatoms. The fourth-order valence-corrected chi connectivity index (χ4v) is 2.81. The van der Waals surface area contributed by atoms with Crippen LogP contribution < -0.4 is 5.32 Å². The van der Waals surface area contributed by atoms with Gasteiger partial charge in [0.1, 0.15) is 0 Å². The highest BCUT2D eigenvalue weighted by molar-refractivity contribution is 4.81. The molecular formula is C16H34N2O. The van der Waals surface area contributed by atoms with Crippen LogP contribution in [0.1, 0.15) is 53.9 Å². The predicted octanol–water partition coefficient (Wildman–Crippen LogP) is 2.90. The van der Waals surface area contributed by atoms with Gasteiger partial charge in [0, 0.05) is 25.2 Å². The molecule has 0 amide bonds. The molecule has 0 bridgehead atoms. The standard InChI is InChI=1S/C16H34N2O/c1-13-9-11-18(12-15(13)19-6)14(2)8-7-10-17-16(3,4)5/h13-15,17H,7-12H2,1-6H3. The van der Waals surface area contributed by atoms with Crippen molar-refractivity contribution in [2.45, 2.75) is 71.6 Å². The van der Waals surface area contributed by atoms with Crippen LogP contribution in [-0.2, 0) is 4.74 Å². The van der Waals surface area contributed by atoms with Crippen LogP contribution in [0.15, 0.2) is 0 Å². The van der Waals surface area contributed by atoms with Crippen molar-refractivity contribution in [3.05, 3.63) is 0 Å². The first-order valence-electron chi connectivity index (χ1n) is 7.85. The molecule has 0 saturated carbocycles. The summed E-state index contributed by atoms with van der Waals surface area (Å²) in [5.41, 5.74) is 0.241. The number of methoxy groups -OCH3 is 1. The summed E-state index contributed by atoms with van der Waals surface area (Å²) < 4.78 is 5.60. The van der Waals surface area contributed by atoms with Crippen molar-refractivity contribution in [1.29, 1.82) is 0 Å². The number of hydrogen-bond donors (Lipinski definition) is 1. The van der Waals surface area contributed by atoms with Crippen molar-refractivity contribution in [2.24, 2.45) is 5.92 Å². The van der Waals surface area contributed by atoms with Crippen LogP contribution in [0.4, 0.5) is 0 Å². The normalized spacial score (nSPS) is 27.5. The molecule has 3 atom stereocenters. The molecule has 0 aliphatic carbocycles. The van der Waals surface area contributed by atoms with Gasteiger partial charge in [-0.3, -0.25) is 4.90 Å². The van der Waals surface area contributed by atoms with Crippen molar-refractivity contribution >= 4 is 0 Å². The lowest BCUT2D eigenvalue weighted by Crippen LogP contribution is -2.47. The second-order valence-electron chi connectivity index (χ2n) is 7.20. The van der Waals surface area contributed by atoms with Gasteiger partial charge in [-0.1, -0.05) is 6.92 Å². The molecule has 0 aromatic carbocycles. The summed E-state index contributed by atoms with van der Waals surface area (Å²) in [5, 5.41) is 3.56. The zero-order valence-corrected chi connectivity index (χ0v) is 13.8. The zero-order chi connectivity index (χ0) is 14.5. The molecular weight excluding hydrogens is 236 g/mol. The number of nitrogens with one attached hydrogen (secondary N) is 1. The maximum atomic E-state index is 5.60. The predicted molar refractivity (Wildman–Crippen MR) is 82.6 cm³/mol. The van der Waals surface area contributed by atoms with Crippen LogP contribution >= 0.6 is 0 Å². The van der Waals surface area contributed by atoms with E-state index >= 15 is 0 Å². The SMILES string of the molecule is COC1CN(C(C)CCCNC(C)(C)C)CCC1C. The summed E-state index contributed by atoms with van der Waals surface area (Å²) in [7, 11) is 1.85. The fraction of sp³-hybridized carbons (Fsp3) is 1.00. The van der Waals surface area contributed by atoms with Gasteiger partial charge in [-0.15, -0.1) is 0 Å². The minimum atomic E-state index is 0.241. The Labute approximate surface area is 120 Å². The first-order valence-corrected chi connectivity index (χ1v) is 7.85. The smallest absolute Gasteiger partial charge is 0.0724 e. The maximum Gasteiger partial charge on any atom is 0.0724 e. The van der Waals surface area contributed by atoms with E-state index in [1.807, 2.05) is 7.11 Å². The summed E-state index contributed by atoms with van der Waals surface area (Å²) in [4.78, 5) is 2.60. The Morgan fingerprint density at radius 2 is 2.05 bits per heavy atom. The molecule has 3 nitrogen and oxygen atoms in total. The number of piperidine rings is 1. The molecule has 0 radical (unpaired) electrons. The van der Waals surface area contributed by atoms with Crippen LogP contribution in [0.3, 0.4) is 0 Å². The molecule has 1 fully saturated rings. The van der Waals surface area contributed by atoms with Gasteiger partial charge in [0.25, 0.3) is 0 Å². The summed E-state index contributed by atoms with van der Waals surface area (Å²) in [6.07, 6.45) is 4.21. The summed E-state index contributed by atoms with van der Waals surface area (Å²) in [6.45, 7) is 14.8. The Bertz CT molecular complexity index is 250. The van der Waals surface area contributed by atoms with Gasteiger partial charge in [-0.25, -0.2) is 0 Å². The lowest BCUT2D eigenvalue weighted by Gasteiger charge is -2.39. The van der Waals surface area contributed by atoms with Gasteiger partial charge < -0.3 is 10.1 Å². The highest BCUT2D eigenvalue weighted by Crippen LogP contribution is 2.22. The van der Waals surface area contributed by atoms with E-state index in [0.717, 1.165) is 13.1 Å². The lowest BCUT2D eigenvalue weighted by atomic mass is 9.94. The Balaban J connectivity index is 2.24. The highest BCUT2D eigenvalue weighted by atomic mass is 16.5. The molecule has 114 valence electrons. The van der Waals surface area contributed by atoms with Crippen LogP contribution in [0, 0.1) is 5.92 Å². The molecule has 1 saturated heterocycles. The van der Waals surface area contributed by atoms with E-state index in [9.17, 15) is 0 Å². The van der Waals surface area contributed by atoms with E-state index in [1.165, 1.54) is 25.8 Å². The molecule has 19 heavy (non-hydrogen) atoms. The number of hydrogen-bond acceptors (Lipinski definition) is 3. The van der Waals surface area contributed by atoms with E-state index < -0.39 is 0 Å². The van der Waals surface area contributed by atoms with Crippen LogP contribution in [0.5, 0.6) is 0 Å². The summed E-state index contributed by atoms with van der Waals surface area (Å²) >= 11 is 0. The van der Waals surface area contributed by atoms with Crippen LogP contribution in [0.2, 0.25) is 0 Å². The topological polar surface area (TPSA) is 24.5 Å². The summed E-state index contributed by atoms with van der Waals surface area (Å²) in [6, 6.07) is 0.673. The molecule has 3 unspecified atom stereocenters. The average Bonchev–Trinajstić information content (AvgIpc) is 2.33. The number of rotatable bonds is 6. The van der Waals surface area contributed by atoms with Crippen LogP contribution in [0.25, 0.3) is 0 Å². The monoisotopic (exact) mass is 270 g/mol. The molecule has 1 aliphatic rings. The Morgan fingerprint density at radius 3 is 2.63 bits per heavy atom. The molecule has 1 heterocycles. The quantitative estimate of drug-likeness (QED) is 0.751. The van der Waals surface area contributed by atoms with Gasteiger partial charge in [0.2, 0.25) is 0 Å². The third kappa shape index (κ3) is 6.24. The van der Waals surface area contributed by atoms with Gasteiger partial charge in [-0.2, -0.15) is 0 Å². The summed E-state index contributed by atoms with van der Waals surface area (Å²) in [5.74, 6) is 0.705. The Hall–Kier alpha value is -0.120. The average molecular weight is 270 g/mol. The first kappa shape index (κ1) is 16.9. The van der Waals surface area contributed by atoms with E-state index in [1.54, 1.807) is 0 Å². The first-order chi connectivity index (χ1) is 8.83. The lowest BCUT2D eigenvalue weighted by molar-refractivity contribution is -0.0178. The van der Waals surface area contributed by atoms with Crippen molar-refractivity contribution in [2.75, 3.05) is 26.7 Å². The molecule has 0 aromatic rings. The van der Waals surface area contributed by atoms with Crippen molar-refractivity contribution < 1.29 is 4.74 Å². The third-order valence-corrected chi connectivity index (χ3v) is 4.30. The van der Waals surface area contributed by atoms with Crippen molar-refractivity contribution in [3.8, 4) is 0 Å². The van der Waals surface area contributed by atoms with E-state index in [-0.39, 0.29) is 5.54 Å². The molecule has 1 rings (SSSR count). The van der Waals surface area contributed by atoms with E-state index in [2.05, 4.69) is 44.8 Å². The molecule has 1 N–H and O–H groups in total.